The van der Waals surface area contributed by atoms with Gasteiger partial charge in [-0.05, 0) is 19.1 Å². The average Bonchev–Trinajstić information content (AvgIpc) is 2.96. The summed E-state index contributed by atoms with van der Waals surface area (Å²) in [7, 11) is 0. The highest BCUT2D eigenvalue weighted by atomic mass is 35.5. The number of carboxylic acids is 1. The maximum Gasteiger partial charge on any atom is 0.358 e. The summed E-state index contributed by atoms with van der Waals surface area (Å²) >= 11 is 7.54. The van der Waals surface area contributed by atoms with E-state index in [0.29, 0.717) is 6.04 Å². The molecule has 1 aliphatic heterocycles. The number of hydrogen-bond acceptors (Lipinski definition) is 5. The zero-order valence-electron chi connectivity index (χ0n) is 10.7. The fourth-order valence-corrected chi connectivity index (χ4v) is 3.40. The number of hydrogen-bond donors (Lipinski definition) is 1. The number of thiophene rings is 1. The van der Waals surface area contributed by atoms with Gasteiger partial charge in [0, 0.05) is 24.0 Å². The molecule has 8 heteroatoms. The van der Waals surface area contributed by atoms with Crippen LogP contribution in [0.5, 0.6) is 0 Å². The number of rotatable bonds is 4. The van der Waals surface area contributed by atoms with Gasteiger partial charge in [0.05, 0.1) is 16.6 Å². The normalized spacial score (nSPS) is 17.9. The van der Waals surface area contributed by atoms with Crippen molar-refractivity contribution < 1.29 is 9.90 Å². The number of nitrogens with zero attached hydrogens (tertiary/aromatic N) is 4. The molecule has 2 aromatic rings. The van der Waals surface area contributed by atoms with Crippen molar-refractivity contribution in [3.63, 3.8) is 0 Å². The molecule has 0 amide bonds. The van der Waals surface area contributed by atoms with Crippen LogP contribution in [-0.2, 0) is 0 Å². The molecule has 0 spiro atoms. The van der Waals surface area contributed by atoms with Crippen LogP contribution in [0.4, 0.5) is 0 Å². The number of likely N-dealkylation sites (tertiary alicyclic amines) is 1. The van der Waals surface area contributed by atoms with Crippen LogP contribution in [0.15, 0.2) is 18.3 Å². The lowest BCUT2D eigenvalue weighted by Gasteiger charge is -2.42. The van der Waals surface area contributed by atoms with Gasteiger partial charge in [-0.25, -0.2) is 9.48 Å². The van der Waals surface area contributed by atoms with E-state index in [-0.39, 0.29) is 11.7 Å². The molecule has 1 fully saturated rings. The molecule has 0 bridgehead atoms. The molecule has 2 aromatic heterocycles. The highest BCUT2D eigenvalue weighted by Crippen LogP contribution is 2.35. The number of carbonyl (C=O) groups is 1. The largest absolute Gasteiger partial charge is 0.476 e. The van der Waals surface area contributed by atoms with Crippen molar-refractivity contribution >= 4 is 28.9 Å². The van der Waals surface area contributed by atoms with Crippen molar-refractivity contribution in [2.24, 2.45) is 0 Å². The first kappa shape index (κ1) is 13.5. The van der Waals surface area contributed by atoms with E-state index in [4.69, 9.17) is 16.7 Å². The van der Waals surface area contributed by atoms with Gasteiger partial charge >= 0.3 is 5.97 Å². The second-order valence-electron chi connectivity index (χ2n) is 4.81. The molecule has 1 N–H and O–H groups in total. The van der Waals surface area contributed by atoms with Crippen molar-refractivity contribution in [1.82, 2.24) is 19.9 Å². The molecular formula is C12H13ClN4O2S. The van der Waals surface area contributed by atoms with Gasteiger partial charge in [-0.3, -0.25) is 4.90 Å². The molecule has 1 saturated heterocycles. The first-order valence-corrected chi connectivity index (χ1v) is 7.38. The third-order valence-corrected chi connectivity index (χ3v) is 4.95. The zero-order chi connectivity index (χ0) is 14.3. The quantitative estimate of drug-likeness (QED) is 0.938. The van der Waals surface area contributed by atoms with E-state index in [1.165, 1.54) is 11.1 Å². The van der Waals surface area contributed by atoms with Gasteiger partial charge in [-0.2, -0.15) is 0 Å². The van der Waals surface area contributed by atoms with E-state index in [9.17, 15) is 4.79 Å². The minimum Gasteiger partial charge on any atom is -0.476 e. The summed E-state index contributed by atoms with van der Waals surface area (Å²) in [6.07, 6.45) is 1.48. The Kier molecular flexibility index (Phi) is 3.49. The Balaban J connectivity index is 1.61. The van der Waals surface area contributed by atoms with Crippen molar-refractivity contribution in [2.45, 2.75) is 19.0 Å². The van der Waals surface area contributed by atoms with Gasteiger partial charge in [0.1, 0.15) is 0 Å². The van der Waals surface area contributed by atoms with Gasteiger partial charge in [-0.1, -0.05) is 16.8 Å². The summed E-state index contributed by atoms with van der Waals surface area (Å²) in [5, 5.41) is 16.3. The molecule has 106 valence electrons. The monoisotopic (exact) mass is 312 g/mol. The lowest BCUT2D eigenvalue weighted by Crippen LogP contribution is -2.48. The van der Waals surface area contributed by atoms with E-state index in [1.807, 2.05) is 12.1 Å². The first-order chi connectivity index (χ1) is 9.54. The van der Waals surface area contributed by atoms with Crippen molar-refractivity contribution in [3.8, 4) is 0 Å². The molecule has 1 aliphatic rings. The van der Waals surface area contributed by atoms with Crippen LogP contribution in [0.25, 0.3) is 0 Å². The van der Waals surface area contributed by atoms with Crippen LogP contribution in [-0.4, -0.2) is 44.1 Å². The minimum atomic E-state index is -1.05. The summed E-state index contributed by atoms with van der Waals surface area (Å²) in [4.78, 5) is 14.3. The zero-order valence-corrected chi connectivity index (χ0v) is 12.3. The Morgan fingerprint density at radius 2 is 2.30 bits per heavy atom. The molecule has 3 rings (SSSR count). The fraction of sp³-hybridized carbons (Fsp3) is 0.417. The summed E-state index contributed by atoms with van der Waals surface area (Å²) in [6, 6.07) is 4.45. The second-order valence-corrected chi connectivity index (χ2v) is 6.56. The molecule has 20 heavy (non-hydrogen) atoms. The maximum absolute atomic E-state index is 10.8. The number of carboxylic acid groups (broad SMARTS) is 1. The van der Waals surface area contributed by atoms with Gasteiger partial charge in [0.15, 0.2) is 5.69 Å². The Bertz CT molecular complexity index is 635. The smallest absolute Gasteiger partial charge is 0.358 e. The van der Waals surface area contributed by atoms with Gasteiger partial charge in [-0.15, -0.1) is 16.4 Å². The molecule has 1 unspecified atom stereocenters. The summed E-state index contributed by atoms with van der Waals surface area (Å²) in [6.45, 7) is 3.81. The van der Waals surface area contributed by atoms with E-state index in [0.717, 1.165) is 17.4 Å². The van der Waals surface area contributed by atoms with E-state index >= 15 is 0 Å². The summed E-state index contributed by atoms with van der Waals surface area (Å²) in [5.41, 5.74) is -0.0125. The molecule has 0 aliphatic carbocycles. The Morgan fingerprint density at radius 1 is 1.55 bits per heavy atom. The summed E-state index contributed by atoms with van der Waals surface area (Å²) in [5.74, 6) is -1.05. The summed E-state index contributed by atoms with van der Waals surface area (Å²) < 4.78 is 2.43. The molecule has 3 heterocycles. The predicted molar refractivity (Wildman–Crippen MR) is 75.3 cm³/mol. The van der Waals surface area contributed by atoms with Gasteiger partial charge in [0.2, 0.25) is 0 Å². The topological polar surface area (TPSA) is 71.2 Å². The van der Waals surface area contributed by atoms with Crippen LogP contribution in [0.2, 0.25) is 4.34 Å². The molecule has 0 radical (unpaired) electrons. The van der Waals surface area contributed by atoms with Crippen LogP contribution < -0.4 is 0 Å². The second kappa shape index (κ2) is 5.16. The van der Waals surface area contributed by atoms with Crippen molar-refractivity contribution in [3.05, 3.63) is 33.2 Å². The molecular weight excluding hydrogens is 300 g/mol. The average molecular weight is 313 g/mol. The highest BCUT2D eigenvalue weighted by Gasteiger charge is 2.33. The molecule has 0 saturated carbocycles. The Morgan fingerprint density at radius 3 is 2.85 bits per heavy atom. The van der Waals surface area contributed by atoms with Crippen LogP contribution in [0, 0.1) is 0 Å². The molecule has 0 aromatic carbocycles. The number of halogens is 1. The van der Waals surface area contributed by atoms with Gasteiger partial charge < -0.3 is 5.11 Å². The third-order valence-electron chi connectivity index (χ3n) is 3.55. The predicted octanol–water partition coefficient (Wildman–Crippen LogP) is 2.31. The molecule has 1 atom stereocenters. The van der Waals surface area contributed by atoms with Crippen LogP contribution in [0.3, 0.4) is 0 Å². The van der Waals surface area contributed by atoms with Gasteiger partial charge in [0.25, 0.3) is 0 Å². The van der Waals surface area contributed by atoms with Crippen molar-refractivity contribution in [1.29, 1.82) is 0 Å². The third kappa shape index (κ3) is 2.44. The minimum absolute atomic E-state index is 0.0125. The Hall–Kier alpha value is -1.44. The maximum atomic E-state index is 10.8. The number of aromatic nitrogens is 3. The Labute approximate surface area is 124 Å². The first-order valence-electron chi connectivity index (χ1n) is 6.19. The van der Waals surface area contributed by atoms with E-state index in [1.54, 1.807) is 16.0 Å². The fourth-order valence-electron chi connectivity index (χ4n) is 2.26. The lowest BCUT2D eigenvalue weighted by atomic mass is 10.1. The van der Waals surface area contributed by atoms with E-state index < -0.39 is 5.97 Å². The standard InChI is InChI=1S/C12H13ClN4O2S/c1-7(10-2-3-11(13)20-10)16-4-8(5-16)17-6-9(12(18)19)14-15-17/h2-3,6-8H,4-5H2,1H3,(H,18,19). The van der Waals surface area contributed by atoms with Crippen molar-refractivity contribution in [2.75, 3.05) is 13.1 Å². The highest BCUT2D eigenvalue weighted by molar-refractivity contribution is 7.16. The SMILES string of the molecule is CC(c1ccc(Cl)s1)N1CC(n2cc(C(=O)O)nn2)C1. The van der Waals surface area contributed by atoms with Crippen LogP contribution in [0.1, 0.15) is 34.4 Å². The van der Waals surface area contributed by atoms with E-state index in [2.05, 4.69) is 22.1 Å². The molecule has 6 nitrogen and oxygen atoms in total. The lowest BCUT2D eigenvalue weighted by molar-refractivity contribution is 0.0599. The van der Waals surface area contributed by atoms with Crippen LogP contribution >= 0.6 is 22.9 Å². The number of aromatic carboxylic acids is 1.